The van der Waals surface area contributed by atoms with E-state index in [1.807, 2.05) is 0 Å². The fourth-order valence-corrected chi connectivity index (χ4v) is 4.04. The summed E-state index contributed by atoms with van der Waals surface area (Å²) in [5.41, 5.74) is 0.756. The van der Waals surface area contributed by atoms with Crippen LogP contribution < -0.4 is 0 Å². The topological polar surface area (TPSA) is 3.01 Å². The third-order valence-corrected chi connectivity index (χ3v) is 4.51. The molecular formula is C11H19N. The van der Waals surface area contributed by atoms with Gasteiger partial charge in [0.2, 0.25) is 0 Å². The monoisotopic (exact) mass is 165 g/mol. The van der Waals surface area contributed by atoms with Crippen molar-refractivity contribution in [2.24, 2.45) is 5.92 Å². The van der Waals surface area contributed by atoms with Crippen molar-refractivity contribution in [3.63, 3.8) is 0 Å². The Morgan fingerprint density at radius 3 is 2.58 bits per heavy atom. The summed E-state index contributed by atoms with van der Waals surface area (Å²) in [6, 6.07) is 1.81. The maximum absolute atomic E-state index is 2.80. The van der Waals surface area contributed by atoms with Crippen molar-refractivity contribution in [3.05, 3.63) is 0 Å². The Balaban J connectivity index is 1.85. The van der Waals surface area contributed by atoms with Crippen molar-refractivity contribution in [3.8, 4) is 0 Å². The highest BCUT2D eigenvalue weighted by molar-refractivity contribution is 5.27. The molecule has 0 aromatic heterocycles. The highest BCUT2D eigenvalue weighted by Crippen LogP contribution is 2.65. The fraction of sp³-hybridized carbons (Fsp3) is 1.00. The smallest absolute Gasteiger partial charge is 0.0399 e. The summed E-state index contributed by atoms with van der Waals surface area (Å²) in [7, 11) is 0. The van der Waals surface area contributed by atoms with E-state index in [1.54, 1.807) is 0 Å². The minimum Gasteiger partial charge on any atom is -0.289 e. The van der Waals surface area contributed by atoms with Crippen LogP contribution in [-0.4, -0.2) is 22.5 Å². The van der Waals surface area contributed by atoms with Gasteiger partial charge in [-0.05, 0) is 45.4 Å². The largest absolute Gasteiger partial charge is 0.289 e. The van der Waals surface area contributed by atoms with Gasteiger partial charge in [-0.1, -0.05) is 6.42 Å². The molecule has 0 aromatic carbocycles. The first-order chi connectivity index (χ1) is 5.77. The van der Waals surface area contributed by atoms with Crippen molar-refractivity contribution >= 4 is 0 Å². The molecule has 3 rings (SSSR count). The van der Waals surface area contributed by atoms with Crippen LogP contribution >= 0.6 is 0 Å². The second-order valence-electron chi connectivity index (χ2n) is 5.17. The van der Waals surface area contributed by atoms with Crippen LogP contribution in [0.3, 0.4) is 0 Å². The van der Waals surface area contributed by atoms with Gasteiger partial charge in [-0.3, -0.25) is 4.90 Å². The van der Waals surface area contributed by atoms with Gasteiger partial charge >= 0.3 is 0 Å². The van der Waals surface area contributed by atoms with Crippen LogP contribution in [0.15, 0.2) is 0 Å². The van der Waals surface area contributed by atoms with Gasteiger partial charge in [0.25, 0.3) is 0 Å². The number of rotatable bonds is 1. The van der Waals surface area contributed by atoms with Crippen molar-refractivity contribution in [1.82, 2.24) is 4.90 Å². The van der Waals surface area contributed by atoms with Crippen LogP contribution in [0.4, 0.5) is 0 Å². The van der Waals surface area contributed by atoms with Crippen LogP contribution in [0.5, 0.6) is 0 Å². The van der Waals surface area contributed by atoms with Crippen molar-refractivity contribution in [2.75, 3.05) is 0 Å². The Labute approximate surface area is 75.1 Å². The standard InChI is InChI=1S/C11H19N/c1-8(2)12-10-5-3-4-9-6-7-11(9,10)12/h8-10H,3-7H2,1-2H3. The van der Waals surface area contributed by atoms with Crippen LogP contribution in [0, 0.1) is 5.92 Å². The van der Waals surface area contributed by atoms with E-state index >= 15 is 0 Å². The molecule has 3 fully saturated rings. The predicted octanol–water partition coefficient (Wildman–Crippen LogP) is 2.41. The molecule has 0 radical (unpaired) electrons. The molecular weight excluding hydrogens is 146 g/mol. The van der Waals surface area contributed by atoms with E-state index in [-0.39, 0.29) is 0 Å². The van der Waals surface area contributed by atoms with Gasteiger partial charge in [0.15, 0.2) is 0 Å². The lowest BCUT2D eigenvalue weighted by Crippen LogP contribution is -2.42. The highest BCUT2D eigenvalue weighted by atomic mass is 15.4. The van der Waals surface area contributed by atoms with Crippen molar-refractivity contribution < 1.29 is 0 Å². The molecule has 1 nitrogen and oxygen atoms in total. The molecule has 0 N–H and O–H groups in total. The molecule has 1 aliphatic heterocycles. The molecule has 0 amide bonds. The third-order valence-electron chi connectivity index (χ3n) is 4.51. The van der Waals surface area contributed by atoms with E-state index in [0.29, 0.717) is 0 Å². The van der Waals surface area contributed by atoms with Gasteiger partial charge < -0.3 is 0 Å². The summed E-state index contributed by atoms with van der Waals surface area (Å²) in [5.74, 6) is 1.10. The minimum atomic E-state index is 0.756. The first-order valence-electron chi connectivity index (χ1n) is 5.55. The van der Waals surface area contributed by atoms with Crippen molar-refractivity contribution in [2.45, 2.75) is 63.6 Å². The Bertz CT molecular complexity index is 211. The molecule has 4 unspecified atom stereocenters. The quantitative estimate of drug-likeness (QED) is 0.539. The Morgan fingerprint density at radius 1 is 1.25 bits per heavy atom. The third kappa shape index (κ3) is 0.618. The van der Waals surface area contributed by atoms with Crippen molar-refractivity contribution in [1.29, 1.82) is 0 Å². The zero-order chi connectivity index (χ0) is 8.34. The van der Waals surface area contributed by atoms with E-state index in [1.165, 1.54) is 32.1 Å². The number of hydrogen-bond donors (Lipinski definition) is 0. The molecule has 4 atom stereocenters. The normalized spacial score (nSPS) is 55.8. The maximum Gasteiger partial charge on any atom is 0.0399 e. The molecule has 68 valence electrons. The SMILES string of the molecule is CC(C)N1C2CCCC3CCC321. The lowest BCUT2D eigenvalue weighted by Gasteiger charge is -2.41. The molecule has 12 heavy (non-hydrogen) atoms. The van der Waals surface area contributed by atoms with Crippen LogP contribution in [0.1, 0.15) is 46.0 Å². The molecule has 0 aromatic rings. The van der Waals surface area contributed by atoms with E-state index in [0.717, 1.165) is 23.5 Å². The molecule has 0 bridgehead atoms. The van der Waals surface area contributed by atoms with Gasteiger partial charge in [0, 0.05) is 17.6 Å². The molecule has 2 aliphatic carbocycles. The van der Waals surface area contributed by atoms with Gasteiger partial charge in [-0.15, -0.1) is 0 Å². The Kier molecular flexibility index (Phi) is 1.27. The molecule has 1 saturated heterocycles. The fourth-order valence-electron chi connectivity index (χ4n) is 4.04. The molecule has 1 heterocycles. The van der Waals surface area contributed by atoms with E-state index in [9.17, 15) is 0 Å². The lowest BCUT2D eigenvalue weighted by molar-refractivity contribution is 0.128. The summed E-state index contributed by atoms with van der Waals surface area (Å²) in [6.45, 7) is 4.73. The lowest BCUT2D eigenvalue weighted by atomic mass is 9.65. The summed E-state index contributed by atoms with van der Waals surface area (Å²) in [4.78, 5) is 2.80. The number of hydrogen-bond acceptors (Lipinski definition) is 1. The van der Waals surface area contributed by atoms with Crippen LogP contribution in [0.25, 0.3) is 0 Å². The van der Waals surface area contributed by atoms with E-state index in [4.69, 9.17) is 0 Å². The Morgan fingerprint density at radius 2 is 2.08 bits per heavy atom. The van der Waals surface area contributed by atoms with E-state index < -0.39 is 0 Å². The van der Waals surface area contributed by atoms with Gasteiger partial charge in [-0.2, -0.15) is 0 Å². The number of likely N-dealkylation sites (tertiary alicyclic amines) is 1. The van der Waals surface area contributed by atoms with E-state index in [2.05, 4.69) is 18.7 Å². The minimum absolute atomic E-state index is 0.756. The highest BCUT2D eigenvalue weighted by Gasteiger charge is 2.71. The van der Waals surface area contributed by atoms with Gasteiger partial charge in [-0.25, -0.2) is 0 Å². The summed E-state index contributed by atoms with van der Waals surface area (Å²) in [6.07, 6.45) is 7.56. The number of nitrogens with zero attached hydrogens (tertiary/aromatic N) is 1. The zero-order valence-electron chi connectivity index (χ0n) is 8.21. The summed E-state index contributed by atoms with van der Waals surface area (Å²) < 4.78 is 0. The van der Waals surface area contributed by atoms with Crippen LogP contribution in [-0.2, 0) is 0 Å². The molecule has 2 saturated carbocycles. The molecule has 1 spiro atoms. The van der Waals surface area contributed by atoms with Gasteiger partial charge in [0.1, 0.15) is 0 Å². The maximum atomic E-state index is 2.80. The second kappa shape index (κ2) is 2.06. The second-order valence-corrected chi connectivity index (χ2v) is 5.17. The Hall–Kier alpha value is -0.0400. The molecule has 3 aliphatic rings. The summed E-state index contributed by atoms with van der Waals surface area (Å²) in [5, 5.41) is 0. The first kappa shape index (κ1) is 7.37. The van der Waals surface area contributed by atoms with Gasteiger partial charge in [0.05, 0.1) is 0 Å². The average molecular weight is 165 g/mol. The first-order valence-corrected chi connectivity index (χ1v) is 5.55. The average Bonchev–Trinajstić information content (AvgIpc) is 2.66. The molecule has 1 heteroatoms. The summed E-state index contributed by atoms with van der Waals surface area (Å²) >= 11 is 0. The van der Waals surface area contributed by atoms with Crippen LogP contribution in [0.2, 0.25) is 0 Å². The predicted molar refractivity (Wildman–Crippen MR) is 50.1 cm³/mol. The zero-order valence-corrected chi connectivity index (χ0v) is 8.21.